The van der Waals surface area contributed by atoms with Gasteiger partial charge in [-0.15, -0.1) is 0 Å². The normalized spacial score (nSPS) is 10.5. The molecule has 0 radical (unpaired) electrons. The molecular weight excluding hydrogens is 240 g/mol. The molecule has 2 aromatic rings. The summed E-state index contributed by atoms with van der Waals surface area (Å²) in [5.74, 6) is 1.12. The Hall–Kier alpha value is -1.45. The molecule has 0 atom stereocenters. The minimum atomic E-state index is -0.0501. The molecule has 0 bridgehead atoms. The third kappa shape index (κ3) is 2.30. The monoisotopic (exact) mass is 252 g/mol. The van der Waals surface area contributed by atoms with Crippen molar-refractivity contribution in [2.24, 2.45) is 0 Å². The van der Waals surface area contributed by atoms with E-state index in [4.69, 9.17) is 26.2 Å². The van der Waals surface area contributed by atoms with Crippen LogP contribution in [0.3, 0.4) is 0 Å². The van der Waals surface area contributed by atoms with E-state index in [1.54, 1.807) is 7.11 Å². The van der Waals surface area contributed by atoms with Crippen LogP contribution in [0.25, 0.3) is 10.8 Å². The number of aliphatic hydroxyl groups excluding tert-OH is 1. The molecule has 0 saturated heterocycles. The second-order valence-corrected chi connectivity index (χ2v) is 3.89. The molecular formula is C13H13ClO3. The lowest BCUT2D eigenvalue weighted by Crippen LogP contribution is -2.02. The van der Waals surface area contributed by atoms with E-state index in [0.717, 1.165) is 10.8 Å². The summed E-state index contributed by atoms with van der Waals surface area (Å²) in [4.78, 5) is 0. The Morgan fingerprint density at radius 1 is 1.29 bits per heavy atom. The Kier molecular flexibility index (Phi) is 3.71. The van der Waals surface area contributed by atoms with Crippen molar-refractivity contribution in [3.8, 4) is 11.5 Å². The standard InChI is InChI=1S/C13H13ClO3/c1-16-13-10-5-3-2-4-9(10)8-11(12(13)14)17-7-6-15/h2-5,8,15H,6-7H2,1H3. The topological polar surface area (TPSA) is 38.7 Å². The molecule has 0 aliphatic rings. The van der Waals surface area contributed by atoms with E-state index >= 15 is 0 Å². The number of fused-ring (bicyclic) bond motifs is 1. The van der Waals surface area contributed by atoms with Gasteiger partial charge in [-0.1, -0.05) is 35.9 Å². The summed E-state index contributed by atoms with van der Waals surface area (Å²) >= 11 is 6.19. The van der Waals surface area contributed by atoms with Crippen molar-refractivity contribution in [2.45, 2.75) is 0 Å². The van der Waals surface area contributed by atoms with Crippen LogP contribution in [0.5, 0.6) is 11.5 Å². The lowest BCUT2D eigenvalue weighted by molar-refractivity contribution is 0.201. The third-order valence-electron chi connectivity index (χ3n) is 2.46. The number of methoxy groups -OCH3 is 1. The van der Waals surface area contributed by atoms with Crippen LogP contribution in [0.1, 0.15) is 0 Å². The maximum Gasteiger partial charge on any atom is 0.149 e. The van der Waals surface area contributed by atoms with Gasteiger partial charge in [-0.3, -0.25) is 0 Å². The molecule has 0 unspecified atom stereocenters. The van der Waals surface area contributed by atoms with Gasteiger partial charge in [-0.25, -0.2) is 0 Å². The first kappa shape index (κ1) is 12.0. The van der Waals surface area contributed by atoms with Crippen molar-refractivity contribution in [1.29, 1.82) is 0 Å². The number of benzene rings is 2. The second-order valence-electron chi connectivity index (χ2n) is 3.52. The highest BCUT2D eigenvalue weighted by atomic mass is 35.5. The van der Waals surface area contributed by atoms with Crippen LogP contribution < -0.4 is 9.47 Å². The van der Waals surface area contributed by atoms with Crippen molar-refractivity contribution >= 4 is 22.4 Å². The molecule has 0 heterocycles. The zero-order valence-corrected chi connectivity index (χ0v) is 10.2. The van der Waals surface area contributed by atoms with Gasteiger partial charge in [-0.2, -0.15) is 0 Å². The van der Waals surface area contributed by atoms with E-state index in [0.29, 0.717) is 16.5 Å². The van der Waals surface area contributed by atoms with Crippen LogP contribution in [0.2, 0.25) is 5.02 Å². The van der Waals surface area contributed by atoms with Gasteiger partial charge in [0.25, 0.3) is 0 Å². The van der Waals surface area contributed by atoms with Crippen molar-refractivity contribution in [3.63, 3.8) is 0 Å². The molecule has 0 fully saturated rings. The van der Waals surface area contributed by atoms with Gasteiger partial charge in [0.1, 0.15) is 23.1 Å². The summed E-state index contributed by atoms with van der Waals surface area (Å²) in [5.41, 5.74) is 0. The molecule has 3 nitrogen and oxygen atoms in total. The molecule has 90 valence electrons. The zero-order chi connectivity index (χ0) is 12.3. The first-order valence-corrected chi connectivity index (χ1v) is 5.64. The predicted molar refractivity (Wildman–Crippen MR) is 68.1 cm³/mol. The van der Waals surface area contributed by atoms with Gasteiger partial charge in [0, 0.05) is 5.39 Å². The number of aliphatic hydroxyl groups is 1. The number of rotatable bonds is 4. The van der Waals surface area contributed by atoms with E-state index in [9.17, 15) is 0 Å². The smallest absolute Gasteiger partial charge is 0.149 e. The highest BCUT2D eigenvalue weighted by Gasteiger charge is 2.12. The van der Waals surface area contributed by atoms with Gasteiger partial charge < -0.3 is 14.6 Å². The number of ether oxygens (including phenoxy) is 2. The molecule has 1 N–H and O–H groups in total. The maximum absolute atomic E-state index is 8.76. The number of hydrogen-bond acceptors (Lipinski definition) is 3. The molecule has 0 saturated carbocycles. The van der Waals surface area contributed by atoms with Crippen molar-refractivity contribution in [1.82, 2.24) is 0 Å². The molecule has 17 heavy (non-hydrogen) atoms. The molecule has 0 aliphatic heterocycles. The van der Waals surface area contributed by atoms with Crippen LogP contribution >= 0.6 is 11.6 Å². The highest BCUT2D eigenvalue weighted by molar-refractivity contribution is 6.34. The Morgan fingerprint density at radius 2 is 2.06 bits per heavy atom. The SMILES string of the molecule is COc1c(Cl)c(OCCO)cc2ccccc12. The molecule has 2 rings (SSSR count). The first-order chi connectivity index (χ1) is 8.27. The van der Waals surface area contributed by atoms with Crippen LogP contribution in [0.4, 0.5) is 0 Å². The average Bonchev–Trinajstić information content (AvgIpc) is 2.36. The second kappa shape index (κ2) is 5.25. The summed E-state index contributed by atoms with van der Waals surface area (Å²) < 4.78 is 10.7. The Labute approximate surface area is 105 Å². The van der Waals surface area contributed by atoms with Crippen LogP contribution in [0, 0.1) is 0 Å². The highest BCUT2D eigenvalue weighted by Crippen LogP contribution is 2.40. The van der Waals surface area contributed by atoms with Gasteiger partial charge in [0.2, 0.25) is 0 Å². The quantitative estimate of drug-likeness (QED) is 0.909. The molecule has 0 amide bonds. The largest absolute Gasteiger partial charge is 0.494 e. The maximum atomic E-state index is 8.76. The summed E-state index contributed by atoms with van der Waals surface area (Å²) in [6.07, 6.45) is 0. The van der Waals surface area contributed by atoms with Crippen molar-refractivity contribution in [2.75, 3.05) is 20.3 Å². The minimum absolute atomic E-state index is 0.0501. The summed E-state index contributed by atoms with van der Waals surface area (Å²) in [6.45, 7) is 0.159. The fourth-order valence-corrected chi connectivity index (χ4v) is 2.01. The zero-order valence-electron chi connectivity index (χ0n) is 9.44. The molecule has 4 heteroatoms. The van der Waals surface area contributed by atoms with E-state index in [1.165, 1.54) is 0 Å². The van der Waals surface area contributed by atoms with E-state index in [1.807, 2.05) is 30.3 Å². The van der Waals surface area contributed by atoms with Crippen molar-refractivity contribution < 1.29 is 14.6 Å². The summed E-state index contributed by atoms with van der Waals surface area (Å²) in [5, 5.41) is 11.1. The molecule has 0 aliphatic carbocycles. The van der Waals surface area contributed by atoms with Crippen molar-refractivity contribution in [3.05, 3.63) is 35.4 Å². The molecule has 0 aromatic heterocycles. The lowest BCUT2D eigenvalue weighted by atomic mass is 10.1. The fraction of sp³-hybridized carbons (Fsp3) is 0.231. The van der Waals surface area contributed by atoms with Crippen LogP contribution in [-0.2, 0) is 0 Å². The number of hydrogen-bond donors (Lipinski definition) is 1. The minimum Gasteiger partial charge on any atom is -0.494 e. The molecule has 2 aromatic carbocycles. The van der Waals surface area contributed by atoms with Crippen LogP contribution in [-0.4, -0.2) is 25.4 Å². The Balaban J connectivity index is 2.58. The predicted octanol–water partition coefficient (Wildman–Crippen LogP) is 2.87. The third-order valence-corrected chi connectivity index (χ3v) is 2.82. The van der Waals surface area contributed by atoms with Crippen LogP contribution in [0.15, 0.2) is 30.3 Å². The van der Waals surface area contributed by atoms with Gasteiger partial charge in [0.15, 0.2) is 0 Å². The van der Waals surface area contributed by atoms with E-state index < -0.39 is 0 Å². The van der Waals surface area contributed by atoms with Gasteiger partial charge >= 0.3 is 0 Å². The fourth-order valence-electron chi connectivity index (χ4n) is 1.72. The Morgan fingerprint density at radius 3 is 2.76 bits per heavy atom. The van der Waals surface area contributed by atoms with E-state index in [2.05, 4.69) is 0 Å². The van der Waals surface area contributed by atoms with Gasteiger partial charge in [0.05, 0.1) is 13.7 Å². The first-order valence-electron chi connectivity index (χ1n) is 5.27. The summed E-state index contributed by atoms with van der Waals surface area (Å²) in [7, 11) is 1.57. The molecule has 0 spiro atoms. The van der Waals surface area contributed by atoms with Gasteiger partial charge in [-0.05, 0) is 11.5 Å². The van der Waals surface area contributed by atoms with E-state index in [-0.39, 0.29) is 13.2 Å². The average molecular weight is 253 g/mol. The Bertz CT molecular complexity index is 525. The number of halogens is 1. The lowest BCUT2D eigenvalue weighted by Gasteiger charge is -2.13. The summed E-state index contributed by atoms with van der Waals surface area (Å²) in [6, 6.07) is 9.60.